The molecule has 3 rings (SSSR count). The van der Waals surface area contributed by atoms with Crippen LogP contribution in [0.15, 0.2) is 0 Å². The van der Waals surface area contributed by atoms with Gasteiger partial charge < -0.3 is 4.90 Å². The highest BCUT2D eigenvalue weighted by Crippen LogP contribution is 2.49. The average molecular weight is 314 g/mol. The van der Waals surface area contributed by atoms with Crippen LogP contribution in [0.5, 0.6) is 0 Å². The van der Waals surface area contributed by atoms with E-state index < -0.39 is 16.1 Å². The summed E-state index contributed by atoms with van der Waals surface area (Å²) in [6.07, 6.45) is 6.71. The molecule has 0 bridgehead atoms. The van der Waals surface area contributed by atoms with Gasteiger partial charge in [-0.3, -0.25) is 4.79 Å². The summed E-state index contributed by atoms with van der Waals surface area (Å²) in [5, 5.41) is 0. The molecule has 1 aliphatic heterocycles. The Hall–Kier alpha value is -0.620. The Morgan fingerprint density at radius 2 is 1.95 bits per heavy atom. The van der Waals surface area contributed by atoms with Crippen molar-refractivity contribution in [3.05, 3.63) is 0 Å². The number of amides is 1. The smallest absolute Gasteiger partial charge is 0.240 e. The van der Waals surface area contributed by atoms with Crippen molar-refractivity contribution >= 4 is 15.9 Å². The Labute approximate surface area is 127 Å². The minimum absolute atomic E-state index is 0.0646. The lowest BCUT2D eigenvalue weighted by Gasteiger charge is -2.48. The van der Waals surface area contributed by atoms with Crippen molar-refractivity contribution in [1.82, 2.24) is 9.21 Å². The van der Waals surface area contributed by atoms with Gasteiger partial charge in [-0.15, -0.1) is 0 Å². The van der Waals surface area contributed by atoms with Gasteiger partial charge in [-0.25, -0.2) is 8.42 Å². The Morgan fingerprint density at radius 1 is 1.24 bits per heavy atom. The highest BCUT2D eigenvalue weighted by molar-refractivity contribution is 7.89. The van der Waals surface area contributed by atoms with Gasteiger partial charge in [-0.2, -0.15) is 4.31 Å². The molecule has 1 amide bonds. The fraction of sp³-hybridized carbons (Fsp3) is 0.933. The molecule has 0 N–H and O–H groups in total. The number of hydrogen-bond donors (Lipinski definition) is 0. The zero-order chi connectivity index (χ0) is 15.2. The first-order chi connectivity index (χ1) is 9.90. The topological polar surface area (TPSA) is 57.7 Å². The third kappa shape index (κ3) is 2.72. The molecule has 21 heavy (non-hydrogen) atoms. The minimum Gasteiger partial charge on any atom is -0.344 e. The van der Waals surface area contributed by atoms with Gasteiger partial charge in [-0.05, 0) is 37.0 Å². The largest absolute Gasteiger partial charge is 0.344 e. The van der Waals surface area contributed by atoms with Crippen LogP contribution in [-0.2, 0) is 14.8 Å². The maximum Gasteiger partial charge on any atom is 0.240 e. The summed E-state index contributed by atoms with van der Waals surface area (Å²) in [7, 11) is -0.00996. The molecule has 5 nitrogen and oxygen atoms in total. The van der Waals surface area contributed by atoms with Crippen molar-refractivity contribution < 1.29 is 13.2 Å². The van der Waals surface area contributed by atoms with Crippen LogP contribution in [0.1, 0.15) is 38.5 Å². The zero-order valence-electron chi connectivity index (χ0n) is 13.0. The number of likely N-dealkylation sites (N-methyl/N-ethyl adjacent to an activating group) is 2. The van der Waals surface area contributed by atoms with E-state index >= 15 is 0 Å². The van der Waals surface area contributed by atoms with E-state index in [1.165, 1.54) is 30.0 Å². The summed E-state index contributed by atoms with van der Waals surface area (Å²) in [5.74, 6) is 1.87. The third-order valence-electron chi connectivity index (χ3n) is 5.88. The minimum atomic E-state index is -3.32. The first kappa shape index (κ1) is 15.3. The molecule has 2 saturated carbocycles. The van der Waals surface area contributed by atoms with Crippen molar-refractivity contribution in [3.8, 4) is 0 Å². The summed E-state index contributed by atoms with van der Waals surface area (Å²) in [6, 6.07) is -0.484. The van der Waals surface area contributed by atoms with Crippen LogP contribution >= 0.6 is 0 Å². The molecule has 0 aromatic rings. The first-order valence-electron chi connectivity index (χ1n) is 8.11. The highest BCUT2D eigenvalue weighted by atomic mass is 32.2. The molecule has 0 aromatic carbocycles. The molecule has 2 aliphatic carbocycles. The number of fused-ring (bicyclic) bond motifs is 1. The molecule has 3 fully saturated rings. The Balaban J connectivity index is 1.63. The lowest BCUT2D eigenvalue weighted by molar-refractivity contribution is -0.129. The number of likely N-dealkylation sites (tertiary alicyclic amines) is 1. The lowest BCUT2D eigenvalue weighted by atomic mass is 9.59. The monoisotopic (exact) mass is 314 g/mol. The quantitative estimate of drug-likeness (QED) is 0.786. The summed E-state index contributed by atoms with van der Waals surface area (Å²) in [5.41, 5.74) is 0. The van der Waals surface area contributed by atoms with Crippen LogP contribution in [0.4, 0.5) is 0 Å². The number of hydrogen-bond acceptors (Lipinski definition) is 3. The second kappa shape index (κ2) is 5.54. The molecule has 1 heterocycles. The van der Waals surface area contributed by atoms with Crippen LogP contribution in [0.3, 0.4) is 0 Å². The van der Waals surface area contributed by atoms with Crippen LogP contribution in [0, 0.1) is 17.8 Å². The summed E-state index contributed by atoms with van der Waals surface area (Å²) < 4.78 is 26.5. The van der Waals surface area contributed by atoms with Crippen molar-refractivity contribution in [2.24, 2.45) is 17.8 Å². The number of sulfonamides is 1. The van der Waals surface area contributed by atoms with Crippen LogP contribution in [-0.4, -0.2) is 56.0 Å². The molecule has 0 spiro atoms. The Kier molecular flexibility index (Phi) is 4.03. The highest BCUT2D eigenvalue weighted by Gasteiger charge is 2.46. The SMILES string of the molecule is CN1CCC(N(C)S(=O)(=O)C[C@H]2C[C@H]3CCCC[C@H]32)C1=O. The second-order valence-corrected chi connectivity index (χ2v) is 9.14. The number of nitrogens with zero attached hydrogens (tertiary/aromatic N) is 2. The second-order valence-electron chi connectivity index (χ2n) is 7.06. The van der Waals surface area contributed by atoms with Crippen molar-refractivity contribution in [1.29, 1.82) is 0 Å². The third-order valence-corrected chi connectivity index (χ3v) is 7.86. The predicted octanol–water partition coefficient (Wildman–Crippen LogP) is 1.30. The van der Waals surface area contributed by atoms with E-state index in [-0.39, 0.29) is 11.7 Å². The van der Waals surface area contributed by atoms with Gasteiger partial charge in [0.25, 0.3) is 0 Å². The number of carbonyl (C=O) groups excluding carboxylic acids is 1. The van der Waals surface area contributed by atoms with E-state index in [1.54, 1.807) is 19.0 Å². The molecule has 4 atom stereocenters. The van der Waals surface area contributed by atoms with Gasteiger partial charge in [0.05, 0.1) is 5.75 Å². The van der Waals surface area contributed by atoms with E-state index in [1.807, 2.05) is 0 Å². The molecule has 1 unspecified atom stereocenters. The molecular weight excluding hydrogens is 288 g/mol. The van der Waals surface area contributed by atoms with Crippen LogP contribution in [0.2, 0.25) is 0 Å². The van der Waals surface area contributed by atoms with E-state index in [9.17, 15) is 13.2 Å². The summed E-state index contributed by atoms with van der Waals surface area (Å²) in [4.78, 5) is 13.6. The molecule has 0 aromatic heterocycles. The molecule has 0 radical (unpaired) electrons. The Morgan fingerprint density at radius 3 is 2.57 bits per heavy atom. The normalized spacial score (nSPS) is 36.7. The Bertz CT molecular complexity index is 519. The van der Waals surface area contributed by atoms with Crippen molar-refractivity contribution in [2.45, 2.75) is 44.6 Å². The fourth-order valence-electron chi connectivity index (χ4n) is 4.43. The maximum atomic E-state index is 12.6. The van der Waals surface area contributed by atoms with Crippen molar-refractivity contribution in [3.63, 3.8) is 0 Å². The zero-order valence-corrected chi connectivity index (χ0v) is 13.8. The van der Waals surface area contributed by atoms with Gasteiger partial charge in [0, 0.05) is 20.6 Å². The number of carbonyl (C=O) groups is 1. The van der Waals surface area contributed by atoms with Gasteiger partial charge in [0.2, 0.25) is 15.9 Å². The summed E-state index contributed by atoms with van der Waals surface area (Å²) in [6.45, 7) is 0.650. The number of rotatable bonds is 4. The van der Waals surface area contributed by atoms with Gasteiger partial charge in [-0.1, -0.05) is 19.3 Å². The lowest BCUT2D eigenvalue weighted by Crippen LogP contribution is -2.48. The van der Waals surface area contributed by atoms with Crippen LogP contribution < -0.4 is 0 Å². The van der Waals surface area contributed by atoms with E-state index in [2.05, 4.69) is 0 Å². The predicted molar refractivity (Wildman–Crippen MR) is 81.1 cm³/mol. The fourth-order valence-corrected chi connectivity index (χ4v) is 6.18. The van der Waals surface area contributed by atoms with E-state index in [4.69, 9.17) is 0 Å². The van der Waals surface area contributed by atoms with E-state index in [0.29, 0.717) is 24.8 Å². The van der Waals surface area contributed by atoms with Gasteiger partial charge in [0.15, 0.2) is 0 Å². The average Bonchev–Trinajstić information content (AvgIpc) is 2.75. The summed E-state index contributed by atoms with van der Waals surface area (Å²) >= 11 is 0. The maximum absolute atomic E-state index is 12.6. The molecule has 6 heteroatoms. The molecule has 1 saturated heterocycles. The van der Waals surface area contributed by atoms with Gasteiger partial charge >= 0.3 is 0 Å². The standard InChI is InChI=1S/C15H26N2O3S/c1-16-8-7-14(15(16)18)17(2)21(19,20)10-12-9-11-5-3-4-6-13(11)12/h11-14H,3-10H2,1-2H3/t11-,12-,13-,14?/m1/s1. The van der Waals surface area contributed by atoms with Crippen molar-refractivity contribution in [2.75, 3.05) is 26.4 Å². The van der Waals surface area contributed by atoms with Crippen LogP contribution in [0.25, 0.3) is 0 Å². The molecular formula is C15H26N2O3S. The van der Waals surface area contributed by atoms with E-state index in [0.717, 1.165) is 12.3 Å². The first-order valence-corrected chi connectivity index (χ1v) is 9.72. The molecule has 3 aliphatic rings. The van der Waals surface area contributed by atoms with Gasteiger partial charge in [0.1, 0.15) is 6.04 Å². The molecule has 120 valence electrons.